The first kappa shape index (κ1) is 20.9. The second kappa shape index (κ2) is 8.96. The fourth-order valence-corrected chi connectivity index (χ4v) is 3.33. The van der Waals surface area contributed by atoms with E-state index in [0.29, 0.717) is 11.4 Å². The Bertz CT molecular complexity index is 916. The van der Waals surface area contributed by atoms with Crippen LogP contribution in [0.5, 0.6) is 5.75 Å². The van der Waals surface area contributed by atoms with Crippen LogP contribution in [0.2, 0.25) is 0 Å². The molecule has 0 aromatic heterocycles. The number of sulfonamides is 1. The quantitative estimate of drug-likeness (QED) is 0.747. The van der Waals surface area contributed by atoms with E-state index in [1.54, 1.807) is 18.2 Å². The van der Waals surface area contributed by atoms with Crippen LogP contribution in [0.25, 0.3) is 0 Å². The van der Waals surface area contributed by atoms with E-state index in [1.807, 2.05) is 13.0 Å². The van der Waals surface area contributed by atoms with Crippen LogP contribution in [0.3, 0.4) is 0 Å². The zero-order chi connectivity index (χ0) is 20.0. The molecule has 2 aromatic carbocycles. The monoisotopic (exact) mass is 394 g/mol. The van der Waals surface area contributed by atoms with Crippen LogP contribution in [-0.2, 0) is 21.4 Å². The van der Waals surface area contributed by atoms with E-state index >= 15 is 0 Å². The molecule has 27 heavy (non-hydrogen) atoms. The molecule has 1 N–H and O–H groups in total. The third-order valence-electron chi connectivity index (χ3n) is 3.99. The molecule has 0 spiro atoms. The van der Waals surface area contributed by atoms with Gasteiger partial charge >= 0.3 is 0 Å². The minimum absolute atomic E-state index is 0.0624. The zero-order valence-electron chi connectivity index (χ0n) is 15.5. The number of ether oxygens (including phenoxy) is 1. The normalized spacial score (nSPS) is 11.4. The van der Waals surface area contributed by atoms with Crippen molar-refractivity contribution in [3.63, 3.8) is 0 Å². The van der Waals surface area contributed by atoms with Crippen molar-refractivity contribution in [3.05, 3.63) is 59.4 Å². The highest BCUT2D eigenvalue weighted by molar-refractivity contribution is 7.88. The summed E-state index contributed by atoms with van der Waals surface area (Å²) in [7, 11) is -2.11. The smallest absolute Gasteiger partial charge is 0.225 e. The maximum absolute atomic E-state index is 13.8. The van der Waals surface area contributed by atoms with Gasteiger partial charge in [0.15, 0.2) is 0 Å². The van der Waals surface area contributed by atoms with Gasteiger partial charge in [0.05, 0.1) is 19.1 Å². The standard InChI is InChI=1S/C19H23FN2O4S/c1-14-8-9-18(26-2)17(12-14)21-19(23)10-11-22(27(3,24)25)13-15-6-4-5-7-16(15)20/h4-9,12H,10-11,13H2,1-3H3,(H,21,23). The summed E-state index contributed by atoms with van der Waals surface area (Å²) in [5.74, 6) is -0.332. The molecule has 0 radical (unpaired) electrons. The van der Waals surface area contributed by atoms with Gasteiger partial charge in [-0.05, 0) is 30.7 Å². The lowest BCUT2D eigenvalue weighted by molar-refractivity contribution is -0.116. The number of halogens is 1. The molecule has 0 fully saturated rings. The van der Waals surface area contributed by atoms with Crippen molar-refractivity contribution in [2.75, 3.05) is 25.2 Å². The van der Waals surface area contributed by atoms with Crippen molar-refractivity contribution >= 4 is 21.6 Å². The van der Waals surface area contributed by atoms with Gasteiger partial charge in [0, 0.05) is 25.1 Å². The summed E-state index contributed by atoms with van der Waals surface area (Å²) in [6.45, 7) is 1.69. The van der Waals surface area contributed by atoms with Crippen molar-refractivity contribution in [2.45, 2.75) is 19.9 Å². The topological polar surface area (TPSA) is 75.7 Å². The van der Waals surface area contributed by atoms with Gasteiger partial charge in [-0.25, -0.2) is 12.8 Å². The summed E-state index contributed by atoms with van der Waals surface area (Å²) < 4.78 is 44.2. The number of nitrogens with one attached hydrogen (secondary N) is 1. The molecular formula is C19H23FN2O4S. The van der Waals surface area contributed by atoms with Crippen LogP contribution in [-0.4, -0.2) is 38.5 Å². The highest BCUT2D eigenvalue weighted by Crippen LogP contribution is 2.25. The maximum Gasteiger partial charge on any atom is 0.225 e. The van der Waals surface area contributed by atoms with E-state index in [1.165, 1.54) is 25.3 Å². The molecule has 0 unspecified atom stereocenters. The number of carbonyl (C=O) groups is 1. The van der Waals surface area contributed by atoms with Gasteiger partial charge in [0.1, 0.15) is 11.6 Å². The van der Waals surface area contributed by atoms with Crippen molar-refractivity contribution in [2.24, 2.45) is 0 Å². The van der Waals surface area contributed by atoms with Gasteiger partial charge in [0.25, 0.3) is 0 Å². The Balaban J connectivity index is 2.06. The average molecular weight is 394 g/mol. The first-order valence-corrected chi connectivity index (χ1v) is 10.2. The van der Waals surface area contributed by atoms with Crippen LogP contribution in [0.15, 0.2) is 42.5 Å². The molecule has 0 bridgehead atoms. The summed E-state index contributed by atoms with van der Waals surface area (Å²) in [6.07, 6.45) is 0.966. The van der Waals surface area contributed by atoms with Gasteiger partial charge < -0.3 is 10.1 Å². The highest BCUT2D eigenvalue weighted by Gasteiger charge is 2.20. The van der Waals surface area contributed by atoms with Crippen LogP contribution < -0.4 is 10.1 Å². The molecule has 1 amide bonds. The number of hydrogen-bond acceptors (Lipinski definition) is 4. The summed E-state index contributed by atoms with van der Waals surface area (Å²) in [5, 5.41) is 2.72. The molecule has 8 heteroatoms. The van der Waals surface area contributed by atoms with Crippen LogP contribution in [0, 0.1) is 12.7 Å². The van der Waals surface area contributed by atoms with Gasteiger partial charge in [0.2, 0.25) is 15.9 Å². The third-order valence-corrected chi connectivity index (χ3v) is 5.24. The fourth-order valence-electron chi connectivity index (χ4n) is 2.54. The van der Waals surface area contributed by atoms with E-state index in [2.05, 4.69) is 5.32 Å². The first-order valence-electron chi connectivity index (χ1n) is 8.33. The van der Waals surface area contributed by atoms with Crippen molar-refractivity contribution in [3.8, 4) is 5.75 Å². The summed E-state index contributed by atoms with van der Waals surface area (Å²) >= 11 is 0. The lowest BCUT2D eigenvalue weighted by Crippen LogP contribution is -2.33. The van der Waals surface area contributed by atoms with Crippen molar-refractivity contribution in [1.29, 1.82) is 0 Å². The molecule has 0 heterocycles. The number of benzene rings is 2. The largest absolute Gasteiger partial charge is 0.495 e. The van der Waals surface area contributed by atoms with E-state index in [0.717, 1.165) is 16.1 Å². The van der Waals surface area contributed by atoms with Gasteiger partial charge in [-0.1, -0.05) is 24.3 Å². The first-order chi connectivity index (χ1) is 12.7. The van der Waals surface area contributed by atoms with E-state index < -0.39 is 15.8 Å². The lowest BCUT2D eigenvalue weighted by Gasteiger charge is -2.20. The summed E-state index contributed by atoms with van der Waals surface area (Å²) in [4.78, 5) is 12.3. The Morgan fingerprint density at radius 2 is 1.93 bits per heavy atom. The Morgan fingerprint density at radius 3 is 2.56 bits per heavy atom. The molecule has 0 aliphatic heterocycles. The van der Waals surface area contributed by atoms with Crippen molar-refractivity contribution in [1.82, 2.24) is 4.31 Å². The number of rotatable bonds is 8. The molecule has 0 atom stereocenters. The molecule has 6 nitrogen and oxygen atoms in total. The number of carbonyl (C=O) groups excluding carboxylic acids is 1. The maximum atomic E-state index is 13.8. The molecule has 0 saturated heterocycles. The average Bonchev–Trinajstić information content (AvgIpc) is 2.59. The van der Waals surface area contributed by atoms with Crippen LogP contribution in [0.4, 0.5) is 10.1 Å². The number of hydrogen-bond donors (Lipinski definition) is 1. The van der Waals surface area contributed by atoms with E-state index in [4.69, 9.17) is 4.74 Å². The number of anilines is 1. The van der Waals surface area contributed by atoms with Crippen molar-refractivity contribution < 1.29 is 22.3 Å². The third kappa shape index (κ3) is 6.04. The van der Waals surface area contributed by atoms with Crippen LogP contribution in [0.1, 0.15) is 17.5 Å². The van der Waals surface area contributed by atoms with Gasteiger partial charge in [-0.3, -0.25) is 4.79 Å². The van der Waals surface area contributed by atoms with Gasteiger partial charge in [-0.2, -0.15) is 4.31 Å². The highest BCUT2D eigenvalue weighted by atomic mass is 32.2. The lowest BCUT2D eigenvalue weighted by atomic mass is 10.2. The number of methoxy groups -OCH3 is 1. The molecular weight excluding hydrogens is 371 g/mol. The molecule has 2 rings (SSSR count). The second-order valence-electron chi connectivity index (χ2n) is 6.19. The van der Waals surface area contributed by atoms with E-state index in [-0.39, 0.29) is 31.0 Å². The SMILES string of the molecule is COc1ccc(C)cc1NC(=O)CCN(Cc1ccccc1F)S(C)(=O)=O. The number of amides is 1. The predicted octanol–water partition coefficient (Wildman–Crippen LogP) is 2.93. The van der Waals surface area contributed by atoms with E-state index in [9.17, 15) is 17.6 Å². The summed E-state index contributed by atoms with van der Waals surface area (Å²) in [5.41, 5.74) is 1.72. The molecule has 2 aromatic rings. The Hall–Kier alpha value is -2.45. The number of nitrogens with zero attached hydrogens (tertiary/aromatic N) is 1. The molecule has 0 aliphatic carbocycles. The Labute approximate surface area is 159 Å². The predicted molar refractivity (Wildman–Crippen MR) is 103 cm³/mol. The molecule has 0 saturated carbocycles. The minimum atomic E-state index is -3.61. The molecule has 0 aliphatic rings. The fraction of sp³-hybridized carbons (Fsp3) is 0.316. The minimum Gasteiger partial charge on any atom is -0.495 e. The van der Waals surface area contributed by atoms with Crippen LogP contribution >= 0.6 is 0 Å². The zero-order valence-corrected chi connectivity index (χ0v) is 16.3. The summed E-state index contributed by atoms with van der Waals surface area (Å²) in [6, 6.07) is 11.3. The second-order valence-corrected chi connectivity index (χ2v) is 8.17. The Morgan fingerprint density at radius 1 is 1.22 bits per heavy atom. The molecule has 146 valence electrons. The number of aryl methyl sites for hydroxylation is 1. The Kier molecular flexibility index (Phi) is 6.92. The van der Waals surface area contributed by atoms with Gasteiger partial charge in [-0.15, -0.1) is 0 Å².